The van der Waals surface area contributed by atoms with Crippen LogP contribution in [0.2, 0.25) is 0 Å². The van der Waals surface area contributed by atoms with Crippen LogP contribution in [0.15, 0.2) is 60.7 Å². The van der Waals surface area contributed by atoms with Crippen LogP contribution >= 0.6 is 0 Å². The van der Waals surface area contributed by atoms with Crippen LogP contribution in [-0.2, 0) is 6.18 Å². The summed E-state index contributed by atoms with van der Waals surface area (Å²) >= 11 is 0. The molecule has 2 aromatic carbocycles. The van der Waals surface area contributed by atoms with Gasteiger partial charge in [-0.3, -0.25) is 4.79 Å². The molecule has 0 fully saturated rings. The lowest BCUT2D eigenvalue weighted by Crippen LogP contribution is -2.21. The molecule has 10 heteroatoms. The largest absolute Gasteiger partial charge is 0.457 e. The zero-order chi connectivity index (χ0) is 22.6. The van der Waals surface area contributed by atoms with E-state index in [1.165, 1.54) is 30.3 Å². The molecule has 4 N–H and O–H groups in total. The smallest absolute Gasteiger partial charge is 0.418 e. The average Bonchev–Trinajstić information content (AvgIpc) is 2.68. The van der Waals surface area contributed by atoms with Crippen molar-refractivity contribution < 1.29 is 27.5 Å². The number of nitrogens with zero attached hydrogens (tertiary/aromatic N) is 1. The Morgan fingerprint density at radius 2 is 1.65 bits per heavy atom. The molecule has 7 nitrogen and oxygen atoms in total. The molecule has 0 aliphatic rings. The third-order valence-corrected chi connectivity index (χ3v) is 4.01. The lowest BCUT2D eigenvalue weighted by molar-refractivity contribution is -0.136. The van der Waals surface area contributed by atoms with Gasteiger partial charge in [-0.05, 0) is 43.3 Å². The van der Waals surface area contributed by atoms with Crippen LogP contribution in [-0.4, -0.2) is 16.9 Å². The lowest BCUT2D eigenvalue weighted by Gasteiger charge is -2.14. The summed E-state index contributed by atoms with van der Waals surface area (Å²) < 4.78 is 44.7. The predicted molar refractivity (Wildman–Crippen MR) is 108 cm³/mol. The number of hydrogen-bond acceptors (Lipinski definition) is 4. The molecule has 0 saturated carbocycles. The van der Waals surface area contributed by atoms with Crippen molar-refractivity contribution in [3.05, 3.63) is 77.6 Å². The van der Waals surface area contributed by atoms with Crippen LogP contribution in [0.3, 0.4) is 0 Å². The number of amides is 3. The molecule has 3 rings (SSSR count). The Hall–Kier alpha value is -4.08. The van der Waals surface area contributed by atoms with Gasteiger partial charge < -0.3 is 21.1 Å². The molecule has 31 heavy (non-hydrogen) atoms. The highest BCUT2D eigenvalue weighted by Gasteiger charge is 2.33. The van der Waals surface area contributed by atoms with Crippen LogP contribution in [0.25, 0.3) is 0 Å². The molecule has 3 aromatic rings. The Bertz CT molecular complexity index is 1120. The van der Waals surface area contributed by atoms with Crippen molar-refractivity contribution in [1.82, 2.24) is 4.98 Å². The second-order valence-corrected chi connectivity index (χ2v) is 6.44. The number of nitrogens with two attached hydrogens (primary N) is 1. The third kappa shape index (κ3) is 5.72. The molecule has 0 saturated heterocycles. The number of alkyl halides is 3. The van der Waals surface area contributed by atoms with Gasteiger partial charge >= 0.3 is 12.2 Å². The molecule has 0 atom stereocenters. The van der Waals surface area contributed by atoms with Gasteiger partial charge in [0.1, 0.15) is 17.2 Å². The van der Waals surface area contributed by atoms with E-state index >= 15 is 0 Å². The normalized spacial score (nSPS) is 11.0. The number of para-hydroxylation sites is 1. The number of hydrogen-bond donors (Lipinski definition) is 3. The summed E-state index contributed by atoms with van der Waals surface area (Å²) in [7, 11) is 0. The summed E-state index contributed by atoms with van der Waals surface area (Å²) in [6, 6.07) is 12.9. The van der Waals surface area contributed by atoms with Gasteiger partial charge in [-0.2, -0.15) is 13.2 Å². The molecule has 1 heterocycles. The highest BCUT2D eigenvalue weighted by atomic mass is 19.4. The number of aryl methyl sites for hydroxylation is 1. The zero-order valence-corrected chi connectivity index (χ0v) is 16.2. The van der Waals surface area contributed by atoms with Crippen LogP contribution in [0.1, 0.15) is 21.7 Å². The summed E-state index contributed by atoms with van der Waals surface area (Å²) in [4.78, 5) is 27.4. The zero-order valence-electron chi connectivity index (χ0n) is 16.2. The van der Waals surface area contributed by atoms with Crippen molar-refractivity contribution in [2.75, 3.05) is 10.6 Å². The fraction of sp³-hybridized carbons (Fsp3) is 0.0952. The van der Waals surface area contributed by atoms with Gasteiger partial charge in [-0.15, -0.1) is 0 Å². The van der Waals surface area contributed by atoms with Crippen molar-refractivity contribution >= 4 is 23.3 Å². The van der Waals surface area contributed by atoms with Crippen molar-refractivity contribution in [1.29, 1.82) is 0 Å². The van der Waals surface area contributed by atoms with Crippen molar-refractivity contribution in [3.8, 4) is 11.5 Å². The van der Waals surface area contributed by atoms with Crippen LogP contribution < -0.4 is 21.1 Å². The van der Waals surface area contributed by atoms with E-state index in [4.69, 9.17) is 10.5 Å². The fourth-order valence-electron chi connectivity index (χ4n) is 2.69. The molecule has 0 spiro atoms. The number of urea groups is 1. The molecule has 160 valence electrons. The lowest BCUT2D eigenvalue weighted by atomic mass is 10.1. The van der Waals surface area contributed by atoms with Crippen LogP contribution in [0.4, 0.5) is 29.3 Å². The van der Waals surface area contributed by atoms with E-state index in [-0.39, 0.29) is 11.4 Å². The maximum Gasteiger partial charge on any atom is 0.418 e. The first-order valence-electron chi connectivity index (χ1n) is 8.92. The second kappa shape index (κ2) is 8.74. The number of carbonyl (C=O) groups is 2. The van der Waals surface area contributed by atoms with E-state index in [9.17, 15) is 22.8 Å². The molecular formula is C21H17F3N4O3. The topological polar surface area (TPSA) is 106 Å². The maximum atomic E-state index is 13.0. The number of rotatable bonds is 5. The Balaban J connectivity index is 1.66. The summed E-state index contributed by atoms with van der Waals surface area (Å²) in [6.45, 7) is 1.68. The third-order valence-electron chi connectivity index (χ3n) is 4.01. The molecule has 1 aromatic heterocycles. The van der Waals surface area contributed by atoms with E-state index in [0.717, 1.165) is 12.1 Å². The maximum absolute atomic E-state index is 13.0. The molecule has 3 amide bonds. The fourth-order valence-corrected chi connectivity index (χ4v) is 2.69. The average molecular weight is 430 g/mol. The van der Waals surface area contributed by atoms with Crippen molar-refractivity contribution in [2.45, 2.75) is 13.1 Å². The number of benzene rings is 2. The minimum Gasteiger partial charge on any atom is -0.457 e. The first kappa shape index (κ1) is 21.6. The SMILES string of the molecule is Cc1cc(Oc2ccc(NC(=O)Nc3ccccc3C(F)(F)F)cc2)cc(C(N)=O)n1. The molecular weight excluding hydrogens is 413 g/mol. The van der Waals surface area contributed by atoms with E-state index in [1.807, 2.05) is 0 Å². The van der Waals surface area contributed by atoms with Crippen molar-refractivity contribution in [3.63, 3.8) is 0 Å². The number of anilines is 2. The van der Waals surface area contributed by atoms with E-state index in [0.29, 0.717) is 22.9 Å². The van der Waals surface area contributed by atoms with Gasteiger partial charge in [0.15, 0.2) is 0 Å². The van der Waals surface area contributed by atoms with Gasteiger partial charge in [0, 0.05) is 23.5 Å². The van der Waals surface area contributed by atoms with Gasteiger partial charge in [0.25, 0.3) is 5.91 Å². The summed E-state index contributed by atoms with van der Waals surface area (Å²) in [6.07, 6.45) is -4.59. The minimum absolute atomic E-state index is 0.0593. The number of primary amides is 1. The Labute approximate surface area is 175 Å². The summed E-state index contributed by atoms with van der Waals surface area (Å²) in [5.74, 6) is 0.0594. The highest BCUT2D eigenvalue weighted by molar-refractivity contribution is 6.00. The van der Waals surface area contributed by atoms with Crippen molar-refractivity contribution in [2.24, 2.45) is 5.73 Å². The van der Waals surface area contributed by atoms with E-state index in [2.05, 4.69) is 15.6 Å². The van der Waals surface area contributed by atoms with E-state index < -0.39 is 23.7 Å². The molecule has 0 aliphatic carbocycles. The molecule has 0 bridgehead atoms. The molecule has 0 radical (unpaired) electrons. The number of nitrogens with one attached hydrogen (secondary N) is 2. The molecule has 0 unspecified atom stereocenters. The number of ether oxygens (including phenoxy) is 1. The monoisotopic (exact) mass is 430 g/mol. The minimum atomic E-state index is -4.59. The van der Waals surface area contributed by atoms with Gasteiger partial charge in [-0.25, -0.2) is 9.78 Å². The second-order valence-electron chi connectivity index (χ2n) is 6.44. The highest BCUT2D eigenvalue weighted by Crippen LogP contribution is 2.34. The van der Waals surface area contributed by atoms with Gasteiger partial charge in [0.05, 0.1) is 11.3 Å². The first-order valence-corrected chi connectivity index (χ1v) is 8.92. The van der Waals surface area contributed by atoms with Crippen LogP contribution in [0, 0.1) is 6.92 Å². The Morgan fingerprint density at radius 1 is 0.968 bits per heavy atom. The number of carbonyl (C=O) groups excluding carboxylic acids is 2. The molecule has 0 aliphatic heterocycles. The number of halogens is 3. The summed E-state index contributed by atoms with van der Waals surface area (Å²) in [5.41, 5.74) is 4.86. The van der Waals surface area contributed by atoms with Gasteiger partial charge in [-0.1, -0.05) is 12.1 Å². The summed E-state index contributed by atoms with van der Waals surface area (Å²) in [5, 5.41) is 4.64. The quantitative estimate of drug-likeness (QED) is 0.533. The standard InChI is InChI=1S/C21H17F3N4O3/c1-12-10-15(11-18(26-12)19(25)29)31-14-8-6-13(7-9-14)27-20(30)28-17-5-3-2-4-16(17)21(22,23)24/h2-11H,1H3,(H2,25,29)(H2,27,28,30). The van der Waals surface area contributed by atoms with Gasteiger partial charge in [0.2, 0.25) is 0 Å². The number of aromatic nitrogens is 1. The van der Waals surface area contributed by atoms with E-state index in [1.54, 1.807) is 25.1 Å². The predicted octanol–water partition coefficient (Wildman–Crippen LogP) is 4.94. The van der Waals surface area contributed by atoms with Crippen LogP contribution in [0.5, 0.6) is 11.5 Å². The number of pyridine rings is 1. The first-order chi connectivity index (χ1) is 14.6. The Morgan fingerprint density at radius 3 is 2.29 bits per heavy atom. The Kier molecular flexibility index (Phi) is 6.10.